The maximum atomic E-state index is 3.99. The average molecular weight is 209 g/mol. The van der Waals surface area contributed by atoms with Gasteiger partial charge in [-0.3, -0.25) is 4.98 Å². The summed E-state index contributed by atoms with van der Waals surface area (Å²) in [6, 6.07) is 12.1. The minimum atomic E-state index is 1.04. The summed E-state index contributed by atoms with van der Waals surface area (Å²) in [5, 5.41) is 4.55. The van der Waals surface area contributed by atoms with Crippen LogP contribution < -0.4 is 5.32 Å². The summed E-state index contributed by atoms with van der Waals surface area (Å²) in [5.74, 6) is 0. The van der Waals surface area contributed by atoms with Gasteiger partial charge in [-0.15, -0.1) is 0 Å². The van der Waals surface area contributed by atoms with Crippen molar-refractivity contribution in [1.29, 1.82) is 0 Å². The number of H-pyrrole nitrogens is 1. The van der Waals surface area contributed by atoms with Gasteiger partial charge < -0.3 is 10.3 Å². The van der Waals surface area contributed by atoms with Crippen molar-refractivity contribution < 1.29 is 0 Å². The zero-order valence-electron chi connectivity index (χ0n) is 8.64. The molecule has 0 atom stereocenters. The largest absolute Gasteiger partial charge is 0.359 e. The Hall–Kier alpha value is -2.29. The molecule has 0 saturated heterocycles. The fraction of sp³-hybridized carbons (Fsp3) is 0. The first-order valence-corrected chi connectivity index (χ1v) is 5.17. The third-order valence-electron chi connectivity index (χ3n) is 2.55. The van der Waals surface area contributed by atoms with E-state index in [0.717, 1.165) is 16.9 Å². The van der Waals surface area contributed by atoms with E-state index in [1.807, 2.05) is 30.5 Å². The average Bonchev–Trinajstić information content (AvgIpc) is 2.74. The van der Waals surface area contributed by atoms with Crippen LogP contribution in [0.2, 0.25) is 0 Å². The molecular formula is C13H11N3. The van der Waals surface area contributed by atoms with Gasteiger partial charge in [-0.05, 0) is 18.2 Å². The number of benzene rings is 1. The molecule has 0 spiro atoms. The molecule has 0 radical (unpaired) electrons. The first-order valence-electron chi connectivity index (χ1n) is 5.17. The Morgan fingerprint density at radius 1 is 1.00 bits per heavy atom. The zero-order valence-corrected chi connectivity index (χ0v) is 8.64. The standard InChI is InChI=1S/C13H11N3/c1-2-4-12-11(3-1)13(9-15-12)16-10-5-7-14-8-6-10/h1-9,15H,(H,14,16). The Kier molecular flexibility index (Phi) is 2.07. The van der Waals surface area contributed by atoms with Crippen LogP contribution in [-0.2, 0) is 0 Å². The second-order valence-corrected chi connectivity index (χ2v) is 3.61. The highest BCUT2D eigenvalue weighted by Crippen LogP contribution is 2.25. The molecule has 1 aromatic carbocycles. The molecule has 0 aliphatic carbocycles. The lowest BCUT2D eigenvalue weighted by Crippen LogP contribution is -1.88. The highest BCUT2D eigenvalue weighted by Gasteiger charge is 2.01. The van der Waals surface area contributed by atoms with E-state index in [2.05, 4.69) is 27.4 Å². The molecule has 2 N–H and O–H groups in total. The number of hydrogen-bond acceptors (Lipinski definition) is 2. The number of anilines is 2. The number of hydrogen-bond donors (Lipinski definition) is 2. The number of para-hydroxylation sites is 1. The van der Waals surface area contributed by atoms with Crippen molar-refractivity contribution in [1.82, 2.24) is 9.97 Å². The van der Waals surface area contributed by atoms with E-state index < -0.39 is 0 Å². The van der Waals surface area contributed by atoms with Gasteiger partial charge in [-0.2, -0.15) is 0 Å². The van der Waals surface area contributed by atoms with Crippen LogP contribution in [0.15, 0.2) is 55.0 Å². The fourth-order valence-electron chi connectivity index (χ4n) is 1.77. The summed E-state index contributed by atoms with van der Waals surface area (Å²) >= 11 is 0. The van der Waals surface area contributed by atoms with Crippen molar-refractivity contribution >= 4 is 22.3 Å². The minimum Gasteiger partial charge on any atom is -0.359 e. The lowest BCUT2D eigenvalue weighted by Gasteiger charge is -2.03. The van der Waals surface area contributed by atoms with Crippen LogP contribution in [0.5, 0.6) is 0 Å². The van der Waals surface area contributed by atoms with Gasteiger partial charge in [0.1, 0.15) is 0 Å². The van der Waals surface area contributed by atoms with E-state index in [4.69, 9.17) is 0 Å². The molecule has 0 fully saturated rings. The van der Waals surface area contributed by atoms with Crippen LogP contribution in [0, 0.1) is 0 Å². The molecule has 16 heavy (non-hydrogen) atoms. The predicted molar refractivity (Wildman–Crippen MR) is 65.8 cm³/mol. The molecular weight excluding hydrogens is 198 g/mol. The van der Waals surface area contributed by atoms with Crippen LogP contribution in [0.1, 0.15) is 0 Å². The van der Waals surface area contributed by atoms with Gasteiger partial charge in [0.15, 0.2) is 0 Å². The van der Waals surface area contributed by atoms with Crippen LogP contribution in [0.4, 0.5) is 11.4 Å². The maximum absolute atomic E-state index is 3.99. The molecule has 78 valence electrons. The number of nitrogens with zero attached hydrogens (tertiary/aromatic N) is 1. The van der Waals surface area contributed by atoms with Gasteiger partial charge in [-0.1, -0.05) is 18.2 Å². The number of aromatic nitrogens is 2. The van der Waals surface area contributed by atoms with Crippen molar-refractivity contribution in [3.8, 4) is 0 Å². The predicted octanol–water partition coefficient (Wildman–Crippen LogP) is 3.31. The summed E-state index contributed by atoms with van der Waals surface area (Å²) in [6.07, 6.45) is 5.53. The summed E-state index contributed by atoms with van der Waals surface area (Å²) in [4.78, 5) is 7.22. The molecule has 2 heterocycles. The summed E-state index contributed by atoms with van der Waals surface area (Å²) in [7, 11) is 0. The first kappa shape index (κ1) is 8.97. The Morgan fingerprint density at radius 2 is 1.81 bits per heavy atom. The second kappa shape index (κ2) is 3.70. The van der Waals surface area contributed by atoms with E-state index in [-0.39, 0.29) is 0 Å². The van der Waals surface area contributed by atoms with Crippen molar-refractivity contribution in [2.75, 3.05) is 5.32 Å². The van der Waals surface area contributed by atoms with Gasteiger partial charge in [0.25, 0.3) is 0 Å². The summed E-state index contributed by atoms with van der Waals surface area (Å²) in [6.45, 7) is 0. The van der Waals surface area contributed by atoms with E-state index in [1.54, 1.807) is 12.4 Å². The number of pyridine rings is 1. The van der Waals surface area contributed by atoms with E-state index in [1.165, 1.54) is 5.39 Å². The highest BCUT2D eigenvalue weighted by atomic mass is 14.9. The Balaban J connectivity index is 2.01. The van der Waals surface area contributed by atoms with Crippen LogP contribution in [-0.4, -0.2) is 9.97 Å². The van der Waals surface area contributed by atoms with Crippen LogP contribution in [0.3, 0.4) is 0 Å². The molecule has 0 aliphatic heterocycles. The smallest absolute Gasteiger partial charge is 0.0641 e. The normalized spacial score (nSPS) is 10.5. The first-order chi connectivity index (χ1) is 7.93. The summed E-state index contributed by atoms with van der Waals surface area (Å²) in [5.41, 5.74) is 3.26. The molecule has 3 rings (SSSR count). The quantitative estimate of drug-likeness (QED) is 0.679. The third kappa shape index (κ3) is 1.52. The van der Waals surface area contributed by atoms with Gasteiger partial charge in [0.05, 0.1) is 5.69 Å². The van der Waals surface area contributed by atoms with Crippen LogP contribution >= 0.6 is 0 Å². The lowest BCUT2D eigenvalue weighted by atomic mass is 10.2. The Morgan fingerprint density at radius 3 is 2.69 bits per heavy atom. The molecule has 0 unspecified atom stereocenters. The zero-order chi connectivity index (χ0) is 10.8. The molecule has 2 aromatic heterocycles. The summed E-state index contributed by atoms with van der Waals surface area (Å²) < 4.78 is 0. The SMILES string of the molecule is c1ccc2c(Nc3ccncc3)c[nH]c2c1. The van der Waals surface area contributed by atoms with Crippen molar-refractivity contribution in [2.24, 2.45) is 0 Å². The molecule has 0 amide bonds. The van der Waals surface area contributed by atoms with Crippen molar-refractivity contribution in [3.63, 3.8) is 0 Å². The van der Waals surface area contributed by atoms with Gasteiger partial charge in [0.2, 0.25) is 0 Å². The monoisotopic (exact) mass is 209 g/mol. The van der Waals surface area contributed by atoms with Crippen molar-refractivity contribution in [3.05, 3.63) is 55.0 Å². The molecule has 0 bridgehead atoms. The molecule has 3 aromatic rings. The number of fused-ring (bicyclic) bond motifs is 1. The second-order valence-electron chi connectivity index (χ2n) is 3.61. The van der Waals surface area contributed by atoms with E-state index >= 15 is 0 Å². The van der Waals surface area contributed by atoms with E-state index in [0.29, 0.717) is 0 Å². The van der Waals surface area contributed by atoms with Gasteiger partial charge in [0, 0.05) is 35.2 Å². The molecule has 0 saturated carbocycles. The Labute approximate surface area is 93.1 Å². The topological polar surface area (TPSA) is 40.7 Å². The van der Waals surface area contributed by atoms with Gasteiger partial charge in [-0.25, -0.2) is 0 Å². The van der Waals surface area contributed by atoms with E-state index in [9.17, 15) is 0 Å². The number of rotatable bonds is 2. The third-order valence-corrected chi connectivity index (χ3v) is 2.55. The molecule has 3 heteroatoms. The number of aromatic amines is 1. The van der Waals surface area contributed by atoms with Crippen LogP contribution in [0.25, 0.3) is 10.9 Å². The van der Waals surface area contributed by atoms with Crippen molar-refractivity contribution in [2.45, 2.75) is 0 Å². The maximum Gasteiger partial charge on any atom is 0.0641 e. The Bertz CT molecular complexity index is 599. The number of nitrogens with one attached hydrogen (secondary N) is 2. The molecule has 3 nitrogen and oxygen atoms in total. The minimum absolute atomic E-state index is 1.04. The molecule has 0 aliphatic rings. The van der Waals surface area contributed by atoms with Gasteiger partial charge >= 0.3 is 0 Å². The highest BCUT2D eigenvalue weighted by molar-refractivity contribution is 5.93. The lowest BCUT2D eigenvalue weighted by molar-refractivity contribution is 1.33. The fourth-order valence-corrected chi connectivity index (χ4v) is 1.77.